The van der Waals surface area contributed by atoms with Crippen LogP contribution in [-0.4, -0.2) is 30.1 Å². The number of nitrogens with one attached hydrogen (secondary N) is 1. The highest BCUT2D eigenvalue weighted by Gasteiger charge is 2.22. The summed E-state index contributed by atoms with van der Waals surface area (Å²) in [5.41, 5.74) is 10.8. The third kappa shape index (κ3) is 4.56. The Morgan fingerprint density at radius 3 is 2.54 bits per heavy atom. The summed E-state index contributed by atoms with van der Waals surface area (Å²) < 4.78 is 62.6. The molecular formula is C26H21F2N5O3S. The van der Waals surface area contributed by atoms with E-state index in [1.807, 2.05) is 41.8 Å². The lowest BCUT2D eigenvalue weighted by atomic mass is 10.1. The molecule has 0 spiro atoms. The molecule has 0 amide bonds. The van der Waals surface area contributed by atoms with Crippen LogP contribution in [0.25, 0.3) is 27.8 Å². The quantitative estimate of drug-likeness (QED) is 0.323. The van der Waals surface area contributed by atoms with E-state index in [1.165, 1.54) is 19.4 Å². The maximum Gasteiger partial charge on any atom is 0.264 e. The number of pyridine rings is 1. The molecule has 0 saturated carbocycles. The van der Waals surface area contributed by atoms with Gasteiger partial charge in [0.1, 0.15) is 22.2 Å². The Hall–Kier alpha value is -4.51. The highest BCUT2D eigenvalue weighted by Crippen LogP contribution is 2.33. The number of nitrogen functional groups attached to an aromatic ring is 1. The lowest BCUT2D eigenvalue weighted by molar-refractivity contribution is 0.400. The first-order chi connectivity index (χ1) is 17.7. The van der Waals surface area contributed by atoms with Gasteiger partial charge in [0.15, 0.2) is 0 Å². The second-order valence-electron chi connectivity index (χ2n) is 8.31. The van der Waals surface area contributed by atoms with Crippen molar-refractivity contribution in [3.05, 3.63) is 90.1 Å². The molecule has 5 aromatic rings. The van der Waals surface area contributed by atoms with Crippen molar-refractivity contribution >= 4 is 32.7 Å². The molecule has 5 rings (SSSR count). The van der Waals surface area contributed by atoms with Crippen molar-refractivity contribution in [2.24, 2.45) is 0 Å². The summed E-state index contributed by atoms with van der Waals surface area (Å²) in [5.74, 6) is -1.81. The van der Waals surface area contributed by atoms with Gasteiger partial charge in [0.25, 0.3) is 10.0 Å². The highest BCUT2D eigenvalue weighted by atomic mass is 32.2. The molecule has 0 aliphatic heterocycles. The summed E-state index contributed by atoms with van der Waals surface area (Å²) in [6.07, 6.45) is 1.52. The van der Waals surface area contributed by atoms with Gasteiger partial charge in [-0.1, -0.05) is 18.2 Å². The zero-order valence-corrected chi connectivity index (χ0v) is 20.6. The van der Waals surface area contributed by atoms with Gasteiger partial charge < -0.3 is 10.5 Å². The minimum absolute atomic E-state index is 0.0180. The second-order valence-corrected chi connectivity index (χ2v) is 9.96. The van der Waals surface area contributed by atoms with Crippen LogP contribution in [-0.2, 0) is 10.0 Å². The van der Waals surface area contributed by atoms with Crippen LogP contribution >= 0.6 is 0 Å². The Morgan fingerprint density at radius 2 is 1.81 bits per heavy atom. The number of imidazole rings is 1. The van der Waals surface area contributed by atoms with E-state index < -0.39 is 26.6 Å². The Balaban J connectivity index is 1.58. The van der Waals surface area contributed by atoms with E-state index in [1.54, 1.807) is 12.1 Å². The number of rotatable bonds is 6. The molecule has 0 atom stereocenters. The molecule has 0 aliphatic carbocycles. The van der Waals surface area contributed by atoms with Crippen molar-refractivity contribution in [2.75, 3.05) is 17.6 Å². The van der Waals surface area contributed by atoms with Crippen molar-refractivity contribution in [3.63, 3.8) is 0 Å². The first-order valence-corrected chi connectivity index (χ1v) is 12.5. The van der Waals surface area contributed by atoms with E-state index in [9.17, 15) is 17.2 Å². The molecule has 0 fully saturated rings. The molecule has 0 aliphatic rings. The van der Waals surface area contributed by atoms with Crippen molar-refractivity contribution < 1.29 is 21.9 Å². The number of methoxy groups -OCH3 is 1. The van der Waals surface area contributed by atoms with Crippen LogP contribution in [0.2, 0.25) is 0 Å². The van der Waals surface area contributed by atoms with Crippen LogP contribution < -0.4 is 15.2 Å². The fraction of sp³-hybridized carbons (Fsp3) is 0.0769. The van der Waals surface area contributed by atoms with E-state index in [-0.39, 0.29) is 11.6 Å². The van der Waals surface area contributed by atoms with Crippen molar-refractivity contribution in [1.82, 2.24) is 14.5 Å². The maximum absolute atomic E-state index is 14.2. The molecule has 37 heavy (non-hydrogen) atoms. The molecule has 3 N–H and O–H groups in total. The highest BCUT2D eigenvalue weighted by molar-refractivity contribution is 7.92. The Kier molecular flexibility index (Phi) is 6.00. The summed E-state index contributed by atoms with van der Waals surface area (Å²) in [7, 11) is -3.09. The number of halogens is 2. The van der Waals surface area contributed by atoms with E-state index >= 15 is 0 Å². The number of hydrogen-bond donors (Lipinski definition) is 2. The van der Waals surface area contributed by atoms with Crippen LogP contribution in [0.4, 0.5) is 20.4 Å². The van der Waals surface area contributed by atoms with Crippen molar-refractivity contribution in [1.29, 1.82) is 0 Å². The summed E-state index contributed by atoms with van der Waals surface area (Å²) in [6.45, 7) is 1.98. The number of aryl methyl sites for hydroxylation is 1. The molecule has 2 aromatic heterocycles. The molecule has 188 valence electrons. The van der Waals surface area contributed by atoms with Gasteiger partial charge >= 0.3 is 0 Å². The Morgan fingerprint density at radius 1 is 1.00 bits per heavy atom. The smallest absolute Gasteiger partial charge is 0.264 e. The lowest BCUT2D eigenvalue weighted by Gasteiger charge is -2.13. The van der Waals surface area contributed by atoms with Crippen LogP contribution in [0.5, 0.6) is 5.88 Å². The summed E-state index contributed by atoms with van der Waals surface area (Å²) >= 11 is 0. The van der Waals surface area contributed by atoms with Crippen molar-refractivity contribution in [3.8, 4) is 22.7 Å². The lowest BCUT2D eigenvalue weighted by Crippen LogP contribution is -2.15. The van der Waals surface area contributed by atoms with Gasteiger partial charge in [-0.25, -0.2) is 27.2 Å². The van der Waals surface area contributed by atoms with Gasteiger partial charge in [-0.3, -0.25) is 9.29 Å². The average Bonchev–Trinajstić information content (AvgIpc) is 3.18. The number of benzene rings is 3. The number of hydrogen-bond acceptors (Lipinski definition) is 6. The van der Waals surface area contributed by atoms with Gasteiger partial charge in [0.2, 0.25) is 11.8 Å². The number of nitrogens with zero attached hydrogens (tertiary/aromatic N) is 3. The van der Waals surface area contributed by atoms with Crippen LogP contribution in [0, 0.1) is 18.6 Å². The molecule has 3 aromatic carbocycles. The topological polar surface area (TPSA) is 112 Å². The minimum atomic E-state index is -4.41. The molecule has 0 bridgehead atoms. The monoisotopic (exact) mass is 521 g/mol. The summed E-state index contributed by atoms with van der Waals surface area (Å²) in [4.78, 5) is 7.95. The summed E-state index contributed by atoms with van der Waals surface area (Å²) in [6, 6.07) is 17.0. The largest absolute Gasteiger partial charge is 0.480 e. The Labute approximate surface area is 211 Å². The van der Waals surface area contributed by atoms with Gasteiger partial charge in [-0.05, 0) is 60.5 Å². The normalized spacial score (nSPS) is 11.6. The fourth-order valence-corrected chi connectivity index (χ4v) is 5.16. The van der Waals surface area contributed by atoms with Crippen LogP contribution in [0.1, 0.15) is 5.56 Å². The first kappa shape index (κ1) is 24.2. The number of fused-ring (bicyclic) bond motifs is 1. The van der Waals surface area contributed by atoms with Crippen LogP contribution in [0.3, 0.4) is 0 Å². The molecule has 0 unspecified atom stereocenters. The predicted molar refractivity (Wildman–Crippen MR) is 137 cm³/mol. The molecule has 8 nitrogen and oxygen atoms in total. The van der Waals surface area contributed by atoms with Gasteiger partial charge in [-0.2, -0.15) is 0 Å². The third-order valence-corrected chi connectivity index (χ3v) is 7.14. The standard InChI is InChI=1S/C26H21F2N5O3S/c1-15-4-3-5-19(10-15)33-23-12-16(6-8-21(23)31-26(33)29)17-11-22(25(36-2)30-14-17)32-37(34,35)24-9-7-18(27)13-20(24)28/h3-14,32H,1-2H3,(H2,29,31). The fourth-order valence-electron chi connectivity index (χ4n) is 4.05. The predicted octanol–water partition coefficient (Wildman–Crippen LogP) is 5.07. The molecule has 0 radical (unpaired) electrons. The van der Waals surface area contributed by atoms with Gasteiger partial charge in [0.05, 0.1) is 18.1 Å². The van der Waals surface area contributed by atoms with Gasteiger partial charge in [-0.15, -0.1) is 0 Å². The van der Waals surface area contributed by atoms with E-state index in [4.69, 9.17) is 10.5 Å². The number of anilines is 2. The zero-order valence-electron chi connectivity index (χ0n) is 19.7. The summed E-state index contributed by atoms with van der Waals surface area (Å²) in [5, 5.41) is 0. The first-order valence-electron chi connectivity index (χ1n) is 11.0. The number of ether oxygens (including phenoxy) is 1. The maximum atomic E-state index is 14.2. The molecule has 11 heteroatoms. The Bertz CT molecular complexity index is 1770. The molecule has 0 saturated heterocycles. The third-order valence-electron chi connectivity index (χ3n) is 5.75. The number of sulfonamides is 1. The molecule has 2 heterocycles. The minimum Gasteiger partial charge on any atom is -0.480 e. The van der Waals surface area contributed by atoms with E-state index in [0.717, 1.165) is 28.9 Å². The number of aromatic nitrogens is 3. The molecular weight excluding hydrogens is 500 g/mol. The van der Waals surface area contributed by atoms with Crippen molar-refractivity contribution in [2.45, 2.75) is 11.8 Å². The second kappa shape index (κ2) is 9.17. The van der Waals surface area contributed by atoms with E-state index in [2.05, 4.69) is 14.7 Å². The van der Waals surface area contributed by atoms with Crippen LogP contribution in [0.15, 0.2) is 77.8 Å². The average molecular weight is 522 g/mol. The number of nitrogens with two attached hydrogens (primary N) is 1. The SMILES string of the molecule is COc1ncc(-c2ccc3nc(N)n(-c4cccc(C)c4)c3c2)cc1NS(=O)(=O)c1ccc(F)cc1F. The van der Waals surface area contributed by atoms with E-state index in [0.29, 0.717) is 28.7 Å². The van der Waals surface area contributed by atoms with Gasteiger partial charge in [0, 0.05) is 23.5 Å². The zero-order chi connectivity index (χ0) is 26.3.